The number of nitrogens with one attached hydrogen (secondary N) is 1. The highest BCUT2D eigenvalue weighted by Crippen LogP contribution is 2.30. The van der Waals surface area contributed by atoms with Crippen LogP contribution in [-0.2, 0) is 22.5 Å². The Balaban J connectivity index is 2.13. The lowest BCUT2D eigenvalue weighted by Gasteiger charge is -2.17. The third kappa shape index (κ3) is 3.81. The first-order valence-corrected chi connectivity index (χ1v) is 11.3. The third-order valence-electron chi connectivity index (χ3n) is 5.02. The lowest BCUT2D eigenvalue weighted by atomic mass is 9.92. The molecule has 0 aliphatic rings. The molecule has 9 heteroatoms. The van der Waals surface area contributed by atoms with Gasteiger partial charge in [0.05, 0.1) is 17.1 Å². The second-order valence-corrected chi connectivity index (χ2v) is 10.4. The summed E-state index contributed by atoms with van der Waals surface area (Å²) in [5.41, 5.74) is 0.736. The largest absolute Gasteiger partial charge is 0.296 e. The molecular weight excluding hydrogens is 402 g/mol. The fourth-order valence-electron chi connectivity index (χ4n) is 3.23. The molecule has 0 amide bonds. The molecule has 2 heterocycles. The molecule has 0 unspecified atom stereocenters. The summed E-state index contributed by atoms with van der Waals surface area (Å²) in [4.78, 5) is 13.2. The highest BCUT2D eigenvalue weighted by molar-refractivity contribution is 7.92. The van der Waals surface area contributed by atoms with E-state index in [4.69, 9.17) is 0 Å². The molecule has 1 N–H and O–H groups in total. The van der Waals surface area contributed by atoms with E-state index < -0.39 is 21.0 Å². The molecule has 0 atom stereocenters. The van der Waals surface area contributed by atoms with Crippen LogP contribution in [0, 0.1) is 6.92 Å². The Labute approximate surface area is 177 Å². The molecule has 0 fully saturated rings. The molecule has 0 aliphatic carbocycles. The molecule has 0 saturated carbocycles. The molecule has 3 rings (SSSR count). The Kier molecular flexibility index (Phi) is 5.44. The standard InChI is InChI=1S/C21H29N5O3S/c1-14(2)25-13-17(19(22-25)21(4,5)6)30(28,29)23-18-15(3)24(7)26(20(18)27)16-11-9-8-10-12-16/h8-14,23H,1-7H3. The van der Waals surface area contributed by atoms with Crippen LogP contribution in [-0.4, -0.2) is 27.6 Å². The van der Waals surface area contributed by atoms with E-state index in [1.54, 1.807) is 35.5 Å². The quantitative estimate of drug-likeness (QED) is 0.671. The van der Waals surface area contributed by atoms with Gasteiger partial charge in [0.1, 0.15) is 10.6 Å². The molecule has 0 radical (unpaired) electrons. The molecule has 0 saturated heterocycles. The van der Waals surface area contributed by atoms with Crippen molar-refractivity contribution in [3.8, 4) is 5.69 Å². The van der Waals surface area contributed by atoms with Gasteiger partial charge in [-0.2, -0.15) is 5.10 Å². The van der Waals surface area contributed by atoms with Crippen molar-refractivity contribution in [2.45, 2.75) is 57.9 Å². The number of rotatable bonds is 5. The molecule has 0 spiro atoms. The minimum atomic E-state index is -4.03. The Bertz CT molecular complexity index is 1230. The van der Waals surface area contributed by atoms with Crippen LogP contribution in [0.15, 0.2) is 46.2 Å². The van der Waals surface area contributed by atoms with E-state index in [1.807, 2.05) is 52.8 Å². The number of sulfonamides is 1. The monoisotopic (exact) mass is 431 g/mol. The number of para-hydroxylation sites is 1. The molecule has 162 valence electrons. The first-order chi connectivity index (χ1) is 13.8. The Morgan fingerprint density at radius 1 is 1.10 bits per heavy atom. The van der Waals surface area contributed by atoms with Crippen LogP contribution in [0.4, 0.5) is 5.69 Å². The van der Waals surface area contributed by atoms with Gasteiger partial charge >= 0.3 is 0 Å². The summed E-state index contributed by atoms with van der Waals surface area (Å²) in [5.74, 6) is 0. The minimum Gasteiger partial charge on any atom is -0.283 e. The average molecular weight is 432 g/mol. The van der Waals surface area contributed by atoms with Crippen molar-refractivity contribution in [2.24, 2.45) is 7.05 Å². The van der Waals surface area contributed by atoms with E-state index in [0.29, 0.717) is 17.1 Å². The van der Waals surface area contributed by atoms with Crippen molar-refractivity contribution in [1.29, 1.82) is 0 Å². The first kappa shape index (κ1) is 21.9. The predicted molar refractivity (Wildman–Crippen MR) is 118 cm³/mol. The number of nitrogens with zero attached hydrogens (tertiary/aromatic N) is 4. The maximum atomic E-state index is 13.3. The summed E-state index contributed by atoms with van der Waals surface area (Å²) in [6, 6.07) is 9.10. The topological polar surface area (TPSA) is 90.9 Å². The molecule has 1 aromatic carbocycles. The minimum absolute atomic E-state index is 0.00354. The van der Waals surface area contributed by atoms with Crippen molar-refractivity contribution in [3.05, 3.63) is 58.3 Å². The van der Waals surface area contributed by atoms with Gasteiger partial charge in [0.15, 0.2) is 0 Å². The summed E-state index contributed by atoms with van der Waals surface area (Å²) in [6.07, 6.45) is 1.53. The summed E-state index contributed by atoms with van der Waals surface area (Å²) in [6.45, 7) is 11.3. The maximum absolute atomic E-state index is 13.3. The van der Waals surface area contributed by atoms with Crippen molar-refractivity contribution < 1.29 is 8.42 Å². The molecular formula is C21H29N5O3S. The van der Waals surface area contributed by atoms with Crippen LogP contribution in [0.2, 0.25) is 0 Å². The van der Waals surface area contributed by atoms with Gasteiger partial charge < -0.3 is 0 Å². The third-order valence-corrected chi connectivity index (χ3v) is 6.37. The fraction of sp³-hybridized carbons (Fsp3) is 0.429. The molecule has 3 aromatic rings. The van der Waals surface area contributed by atoms with Crippen molar-refractivity contribution >= 4 is 15.7 Å². The first-order valence-electron chi connectivity index (χ1n) is 9.81. The maximum Gasteiger partial charge on any atom is 0.296 e. The van der Waals surface area contributed by atoms with E-state index in [2.05, 4.69) is 9.82 Å². The Morgan fingerprint density at radius 2 is 1.70 bits per heavy atom. The van der Waals surface area contributed by atoms with E-state index >= 15 is 0 Å². The summed E-state index contributed by atoms with van der Waals surface area (Å²) < 4.78 is 33.9. The molecule has 30 heavy (non-hydrogen) atoms. The van der Waals surface area contributed by atoms with Crippen molar-refractivity contribution in [3.63, 3.8) is 0 Å². The zero-order chi connectivity index (χ0) is 22.4. The number of hydrogen-bond acceptors (Lipinski definition) is 4. The number of aromatic nitrogens is 4. The van der Waals surface area contributed by atoms with Crippen LogP contribution in [0.1, 0.15) is 52.0 Å². The van der Waals surface area contributed by atoms with Crippen LogP contribution >= 0.6 is 0 Å². The van der Waals surface area contributed by atoms with Gasteiger partial charge in [-0.3, -0.25) is 18.9 Å². The second kappa shape index (κ2) is 7.46. The number of anilines is 1. The van der Waals surface area contributed by atoms with Gasteiger partial charge in [-0.15, -0.1) is 0 Å². The lowest BCUT2D eigenvalue weighted by molar-refractivity contribution is 0.493. The Hall–Kier alpha value is -2.81. The van der Waals surface area contributed by atoms with Crippen molar-refractivity contribution in [2.75, 3.05) is 4.72 Å². The zero-order valence-electron chi connectivity index (χ0n) is 18.5. The number of benzene rings is 1. The Morgan fingerprint density at radius 3 is 2.23 bits per heavy atom. The normalized spacial score (nSPS) is 12.5. The molecule has 0 bridgehead atoms. The summed E-state index contributed by atoms with van der Waals surface area (Å²) >= 11 is 0. The molecule has 0 aliphatic heterocycles. The molecule has 2 aromatic heterocycles. The van der Waals surface area contributed by atoms with Gasteiger partial charge in [-0.1, -0.05) is 39.0 Å². The second-order valence-electron chi connectivity index (χ2n) is 8.71. The van der Waals surface area contributed by atoms with Crippen LogP contribution in [0.25, 0.3) is 5.69 Å². The number of hydrogen-bond donors (Lipinski definition) is 1. The van der Waals surface area contributed by atoms with Gasteiger partial charge in [0.25, 0.3) is 15.6 Å². The van der Waals surface area contributed by atoms with E-state index in [1.165, 1.54) is 10.9 Å². The molecule has 8 nitrogen and oxygen atoms in total. The predicted octanol–water partition coefficient (Wildman–Crippen LogP) is 3.36. The summed E-state index contributed by atoms with van der Waals surface area (Å²) in [7, 11) is -2.31. The zero-order valence-corrected chi connectivity index (χ0v) is 19.3. The highest BCUT2D eigenvalue weighted by Gasteiger charge is 2.32. The van der Waals surface area contributed by atoms with E-state index in [0.717, 1.165) is 0 Å². The van der Waals surface area contributed by atoms with Crippen LogP contribution in [0.5, 0.6) is 0 Å². The van der Waals surface area contributed by atoms with Gasteiger partial charge in [-0.05, 0) is 32.9 Å². The summed E-state index contributed by atoms with van der Waals surface area (Å²) in [5, 5.41) is 4.51. The average Bonchev–Trinajstić information content (AvgIpc) is 3.20. The smallest absolute Gasteiger partial charge is 0.283 e. The van der Waals surface area contributed by atoms with Crippen LogP contribution in [0.3, 0.4) is 0 Å². The lowest BCUT2D eigenvalue weighted by Crippen LogP contribution is -2.24. The van der Waals surface area contributed by atoms with Crippen molar-refractivity contribution in [1.82, 2.24) is 19.1 Å². The SMILES string of the molecule is Cc1c(NS(=O)(=O)c2cn(C(C)C)nc2C(C)(C)C)c(=O)n(-c2ccccc2)n1C. The van der Waals surface area contributed by atoms with Gasteiger partial charge in [0.2, 0.25) is 0 Å². The van der Waals surface area contributed by atoms with Gasteiger partial charge in [0, 0.05) is 24.7 Å². The van der Waals surface area contributed by atoms with E-state index in [9.17, 15) is 13.2 Å². The van der Waals surface area contributed by atoms with Gasteiger partial charge in [-0.25, -0.2) is 13.1 Å². The fourth-order valence-corrected chi connectivity index (χ4v) is 4.69. The van der Waals surface area contributed by atoms with Crippen LogP contribution < -0.4 is 10.3 Å². The van der Waals surface area contributed by atoms with E-state index in [-0.39, 0.29) is 16.6 Å². The highest BCUT2D eigenvalue weighted by atomic mass is 32.2.